The molecule has 0 bridgehead atoms. The molecule has 1 aromatic rings. The predicted molar refractivity (Wildman–Crippen MR) is 79.0 cm³/mol. The van der Waals surface area contributed by atoms with E-state index >= 15 is 0 Å². The first-order valence-electron chi connectivity index (χ1n) is 6.64. The van der Waals surface area contributed by atoms with E-state index in [-0.39, 0.29) is 11.9 Å². The smallest absolute Gasteiger partial charge is 0.156 e. The van der Waals surface area contributed by atoms with Crippen LogP contribution in [-0.2, 0) is 6.54 Å². The van der Waals surface area contributed by atoms with Crippen LogP contribution >= 0.6 is 11.6 Å². The van der Waals surface area contributed by atoms with Crippen LogP contribution in [0.25, 0.3) is 0 Å². The zero-order valence-corrected chi connectivity index (χ0v) is 12.3. The molecule has 2 rings (SSSR count). The maximum absolute atomic E-state index is 8.72. The highest BCUT2D eigenvalue weighted by molar-refractivity contribution is 6.31. The van der Waals surface area contributed by atoms with Crippen LogP contribution in [0.15, 0.2) is 23.6 Å². The topological polar surface area (TPSA) is 78.0 Å². The quantitative estimate of drug-likeness (QED) is 0.375. The van der Waals surface area contributed by atoms with Crippen molar-refractivity contribution in [2.24, 2.45) is 10.9 Å². The van der Waals surface area contributed by atoms with Gasteiger partial charge in [0, 0.05) is 45.1 Å². The van der Waals surface area contributed by atoms with Crippen LogP contribution in [-0.4, -0.2) is 58.0 Å². The van der Waals surface area contributed by atoms with Gasteiger partial charge in [-0.05, 0) is 18.6 Å². The minimum Gasteiger partial charge on any atom is -0.409 e. The number of nitrogens with zero attached hydrogens (tertiary/aromatic N) is 4. The average molecular weight is 298 g/mol. The molecule has 20 heavy (non-hydrogen) atoms. The Morgan fingerprint density at radius 2 is 2.20 bits per heavy atom. The molecule has 2 heterocycles. The van der Waals surface area contributed by atoms with Gasteiger partial charge in [-0.1, -0.05) is 16.8 Å². The second-order valence-electron chi connectivity index (χ2n) is 4.98. The summed E-state index contributed by atoms with van der Waals surface area (Å²) in [6, 6.07) is 1.92. The summed E-state index contributed by atoms with van der Waals surface area (Å²) in [7, 11) is 0. The largest absolute Gasteiger partial charge is 0.409 e. The molecule has 1 atom stereocenters. The molecule has 1 unspecified atom stereocenters. The van der Waals surface area contributed by atoms with Gasteiger partial charge in [-0.3, -0.25) is 14.8 Å². The van der Waals surface area contributed by atoms with Crippen molar-refractivity contribution in [2.45, 2.75) is 19.5 Å². The first-order valence-corrected chi connectivity index (χ1v) is 7.02. The molecule has 6 nitrogen and oxygen atoms in total. The molecule has 7 heteroatoms. The van der Waals surface area contributed by atoms with Gasteiger partial charge in [-0.15, -0.1) is 0 Å². The Morgan fingerprint density at radius 1 is 1.50 bits per heavy atom. The third-order valence-corrected chi connectivity index (χ3v) is 4.09. The fourth-order valence-electron chi connectivity index (χ4n) is 2.35. The van der Waals surface area contributed by atoms with E-state index in [0.29, 0.717) is 5.02 Å². The molecule has 1 aliphatic heterocycles. The van der Waals surface area contributed by atoms with E-state index in [2.05, 4.69) is 19.9 Å². The number of piperazine rings is 1. The SMILES string of the molecule is CC(C(N)=NO)N1CCN(Cc2ccncc2Cl)CC1. The van der Waals surface area contributed by atoms with Crippen LogP contribution in [0.3, 0.4) is 0 Å². The van der Waals surface area contributed by atoms with E-state index < -0.39 is 0 Å². The number of oxime groups is 1. The van der Waals surface area contributed by atoms with Crippen LogP contribution in [0.4, 0.5) is 0 Å². The van der Waals surface area contributed by atoms with Crippen LogP contribution in [0, 0.1) is 0 Å². The van der Waals surface area contributed by atoms with E-state index in [1.165, 1.54) is 0 Å². The summed E-state index contributed by atoms with van der Waals surface area (Å²) >= 11 is 6.12. The van der Waals surface area contributed by atoms with Gasteiger partial charge in [0.2, 0.25) is 0 Å². The monoisotopic (exact) mass is 297 g/mol. The molecule has 0 aromatic carbocycles. The maximum Gasteiger partial charge on any atom is 0.156 e. The lowest BCUT2D eigenvalue weighted by Gasteiger charge is -2.37. The molecule has 3 N–H and O–H groups in total. The Balaban J connectivity index is 1.87. The second-order valence-corrected chi connectivity index (χ2v) is 5.39. The third kappa shape index (κ3) is 3.59. The molecular weight excluding hydrogens is 278 g/mol. The van der Waals surface area contributed by atoms with E-state index in [4.69, 9.17) is 22.5 Å². The molecule has 0 amide bonds. The van der Waals surface area contributed by atoms with E-state index in [0.717, 1.165) is 38.3 Å². The lowest BCUT2D eigenvalue weighted by atomic mass is 10.2. The molecular formula is C13H20ClN5O. The number of hydrogen-bond donors (Lipinski definition) is 2. The van der Waals surface area contributed by atoms with Gasteiger partial charge in [0.05, 0.1) is 11.1 Å². The van der Waals surface area contributed by atoms with Crippen LogP contribution < -0.4 is 5.73 Å². The molecule has 110 valence electrons. The van der Waals surface area contributed by atoms with Gasteiger partial charge in [0.15, 0.2) is 5.84 Å². The second kappa shape index (κ2) is 6.88. The molecule has 0 radical (unpaired) electrons. The van der Waals surface area contributed by atoms with Gasteiger partial charge in [0.25, 0.3) is 0 Å². The Morgan fingerprint density at radius 3 is 2.80 bits per heavy atom. The Hall–Kier alpha value is -1.37. The molecule has 0 saturated carbocycles. The lowest BCUT2D eigenvalue weighted by Crippen LogP contribution is -2.52. The lowest BCUT2D eigenvalue weighted by molar-refractivity contribution is 0.116. The van der Waals surface area contributed by atoms with Crippen LogP contribution in [0.5, 0.6) is 0 Å². The summed E-state index contributed by atoms with van der Waals surface area (Å²) in [5, 5.41) is 12.5. The standard InChI is InChI=1S/C13H20ClN5O/c1-10(13(15)17-20)19-6-4-18(5-7-19)9-11-2-3-16-8-12(11)14/h2-3,8,10,20H,4-7,9H2,1H3,(H2,15,17). The predicted octanol–water partition coefficient (Wildman–Crippen LogP) is 0.988. The number of halogens is 1. The molecule has 0 spiro atoms. The Bertz CT molecular complexity index is 474. The van der Waals surface area contributed by atoms with Crippen LogP contribution in [0.1, 0.15) is 12.5 Å². The number of amidine groups is 1. The van der Waals surface area contributed by atoms with Gasteiger partial charge in [-0.2, -0.15) is 0 Å². The highest BCUT2D eigenvalue weighted by atomic mass is 35.5. The normalized spacial score (nSPS) is 20.0. The molecule has 1 aliphatic rings. The Labute approximate surface area is 123 Å². The summed E-state index contributed by atoms with van der Waals surface area (Å²) in [5.74, 6) is 0.260. The van der Waals surface area contributed by atoms with Crippen molar-refractivity contribution in [1.29, 1.82) is 0 Å². The van der Waals surface area contributed by atoms with Gasteiger partial charge in [-0.25, -0.2) is 0 Å². The Kier molecular flexibility index (Phi) is 5.17. The third-order valence-electron chi connectivity index (χ3n) is 3.75. The summed E-state index contributed by atoms with van der Waals surface area (Å²) in [4.78, 5) is 8.54. The van der Waals surface area contributed by atoms with E-state index in [9.17, 15) is 0 Å². The summed E-state index contributed by atoms with van der Waals surface area (Å²) in [5.41, 5.74) is 6.74. The fraction of sp³-hybridized carbons (Fsp3) is 0.538. The van der Waals surface area contributed by atoms with Crippen molar-refractivity contribution in [3.8, 4) is 0 Å². The van der Waals surface area contributed by atoms with Crippen molar-refractivity contribution in [3.63, 3.8) is 0 Å². The number of rotatable bonds is 4. The van der Waals surface area contributed by atoms with Gasteiger partial charge >= 0.3 is 0 Å². The first kappa shape index (κ1) is 15.0. The van der Waals surface area contributed by atoms with E-state index in [1.54, 1.807) is 12.4 Å². The molecule has 1 aromatic heterocycles. The van der Waals surface area contributed by atoms with Crippen molar-refractivity contribution >= 4 is 17.4 Å². The van der Waals surface area contributed by atoms with Gasteiger partial charge in [0.1, 0.15) is 0 Å². The minimum atomic E-state index is -0.0355. The van der Waals surface area contributed by atoms with Crippen molar-refractivity contribution < 1.29 is 5.21 Å². The first-order chi connectivity index (χ1) is 9.61. The minimum absolute atomic E-state index is 0.0355. The molecule has 1 fully saturated rings. The summed E-state index contributed by atoms with van der Waals surface area (Å²) in [6.45, 7) is 6.42. The van der Waals surface area contributed by atoms with Crippen molar-refractivity contribution in [3.05, 3.63) is 29.0 Å². The van der Waals surface area contributed by atoms with E-state index in [1.807, 2.05) is 13.0 Å². The summed E-state index contributed by atoms with van der Waals surface area (Å²) < 4.78 is 0. The zero-order chi connectivity index (χ0) is 14.5. The number of aromatic nitrogens is 1. The highest BCUT2D eigenvalue weighted by Crippen LogP contribution is 2.17. The van der Waals surface area contributed by atoms with Crippen molar-refractivity contribution in [2.75, 3.05) is 26.2 Å². The average Bonchev–Trinajstić information content (AvgIpc) is 2.49. The fourth-order valence-corrected chi connectivity index (χ4v) is 2.53. The van der Waals surface area contributed by atoms with Gasteiger partial charge < -0.3 is 10.9 Å². The number of nitrogens with two attached hydrogens (primary N) is 1. The summed E-state index contributed by atoms with van der Waals surface area (Å²) in [6.07, 6.45) is 3.44. The maximum atomic E-state index is 8.72. The highest BCUT2D eigenvalue weighted by Gasteiger charge is 2.23. The molecule has 0 aliphatic carbocycles. The number of hydrogen-bond acceptors (Lipinski definition) is 5. The zero-order valence-electron chi connectivity index (χ0n) is 11.5. The van der Waals surface area contributed by atoms with Crippen molar-refractivity contribution in [1.82, 2.24) is 14.8 Å². The molecule has 1 saturated heterocycles. The van der Waals surface area contributed by atoms with Crippen LogP contribution in [0.2, 0.25) is 5.02 Å². The number of pyridine rings is 1.